The van der Waals surface area contributed by atoms with Gasteiger partial charge in [0.1, 0.15) is 5.75 Å². The van der Waals surface area contributed by atoms with Crippen LogP contribution in [-0.2, 0) is 4.79 Å². The highest BCUT2D eigenvalue weighted by atomic mass is 16.4. The molecule has 0 unspecified atom stereocenters. The summed E-state index contributed by atoms with van der Waals surface area (Å²) in [5, 5.41) is 18.4. The van der Waals surface area contributed by atoms with Gasteiger partial charge in [-0.25, -0.2) is 0 Å². The monoisotopic (exact) mass is 292 g/mol. The lowest BCUT2D eigenvalue weighted by Crippen LogP contribution is -2.49. The van der Waals surface area contributed by atoms with E-state index in [9.17, 15) is 14.7 Å². The third kappa shape index (κ3) is 3.72. The van der Waals surface area contributed by atoms with Crippen molar-refractivity contribution < 1.29 is 19.8 Å². The van der Waals surface area contributed by atoms with Crippen LogP contribution in [0.25, 0.3) is 0 Å². The van der Waals surface area contributed by atoms with Gasteiger partial charge in [-0.05, 0) is 19.1 Å². The van der Waals surface area contributed by atoms with E-state index in [0.717, 1.165) is 0 Å². The Balaban J connectivity index is 1.94. The Bertz CT molecular complexity index is 536. The van der Waals surface area contributed by atoms with Crippen LogP contribution in [0, 0.1) is 6.92 Å². The van der Waals surface area contributed by atoms with Gasteiger partial charge < -0.3 is 15.1 Å². The number of carbonyl (C=O) groups excluding carboxylic acids is 1. The molecule has 1 fully saturated rings. The van der Waals surface area contributed by atoms with E-state index in [1.54, 1.807) is 30.0 Å². The fraction of sp³-hybridized carbons (Fsp3) is 0.467. The number of phenols is 1. The molecule has 21 heavy (non-hydrogen) atoms. The van der Waals surface area contributed by atoms with Crippen LogP contribution < -0.4 is 0 Å². The summed E-state index contributed by atoms with van der Waals surface area (Å²) in [6.07, 6.45) is 0.125. The molecule has 2 N–H and O–H groups in total. The predicted octanol–water partition coefficient (Wildman–Crippen LogP) is 0.933. The lowest BCUT2D eigenvalue weighted by molar-refractivity contribution is -0.137. The van der Waals surface area contributed by atoms with Crippen molar-refractivity contribution in [2.24, 2.45) is 0 Å². The van der Waals surface area contributed by atoms with Gasteiger partial charge in [-0.3, -0.25) is 14.5 Å². The molecule has 114 valence electrons. The van der Waals surface area contributed by atoms with Gasteiger partial charge >= 0.3 is 5.97 Å². The van der Waals surface area contributed by atoms with Gasteiger partial charge in [-0.15, -0.1) is 0 Å². The standard InChI is InChI=1S/C15H20N2O4/c1-11-12(3-2-4-13(11)18)15(21)17-9-7-16(8-10-17)6-5-14(19)20/h2-4,18H,5-10H2,1H3,(H,19,20). The minimum absolute atomic E-state index is 0.0821. The number of aliphatic carboxylic acids is 1. The van der Waals surface area contributed by atoms with E-state index < -0.39 is 5.97 Å². The van der Waals surface area contributed by atoms with Crippen LogP contribution in [-0.4, -0.2) is 64.6 Å². The maximum atomic E-state index is 12.4. The molecule has 1 heterocycles. The number of hydrogen-bond acceptors (Lipinski definition) is 4. The number of amides is 1. The van der Waals surface area contributed by atoms with E-state index in [1.807, 2.05) is 4.90 Å². The van der Waals surface area contributed by atoms with Crippen molar-refractivity contribution >= 4 is 11.9 Å². The first-order valence-corrected chi connectivity index (χ1v) is 7.01. The second-order valence-corrected chi connectivity index (χ2v) is 5.23. The smallest absolute Gasteiger partial charge is 0.304 e. The molecule has 0 aliphatic carbocycles. The normalized spacial score (nSPS) is 16.0. The van der Waals surface area contributed by atoms with Gasteiger partial charge in [0.15, 0.2) is 0 Å². The maximum Gasteiger partial charge on any atom is 0.304 e. The zero-order valence-electron chi connectivity index (χ0n) is 12.1. The zero-order valence-corrected chi connectivity index (χ0v) is 12.1. The second kappa shape index (κ2) is 6.58. The Morgan fingerprint density at radius 1 is 1.19 bits per heavy atom. The predicted molar refractivity (Wildman–Crippen MR) is 77.4 cm³/mol. The summed E-state index contributed by atoms with van der Waals surface area (Å²) in [4.78, 5) is 26.8. The number of rotatable bonds is 4. The molecule has 6 heteroatoms. The largest absolute Gasteiger partial charge is 0.508 e. The highest BCUT2D eigenvalue weighted by molar-refractivity contribution is 5.96. The summed E-state index contributed by atoms with van der Waals surface area (Å²) in [6, 6.07) is 4.95. The van der Waals surface area contributed by atoms with Crippen LogP contribution in [0.15, 0.2) is 18.2 Å². The van der Waals surface area contributed by atoms with Crippen LogP contribution >= 0.6 is 0 Å². The minimum Gasteiger partial charge on any atom is -0.508 e. The van der Waals surface area contributed by atoms with Gasteiger partial charge in [-0.2, -0.15) is 0 Å². The lowest BCUT2D eigenvalue weighted by Gasteiger charge is -2.34. The van der Waals surface area contributed by atoms with Gasteiger partial charge in [0.25, 0.3) is 5.91 Å². The molecule has 0 bridgehead atoms. The van der Waals surface area contributed by atoms with Crippen molar-refractivity contribution in [2.75, 3.05) is 32.7 Å². The third-order valence-electron chi connectivity index (χ3n) is 3.84. The quantitative estimate of drug-likeness (QED) is 0.863. The number of nitrogens with zero attached hydrogens (tertiary/aromatic N) is 2. The van der Waals surface area contributed by atoms with Crippen molar-refractivity contribution in [2.45, 2.75) is 13.3 Å². The Labute approximate surface area is 123 Å². The molecular formula is C15H20N2O4. The first-order valence-electron chi connectivity index (χ1n) is 7.01. The molecule has 0 aromatic heterocycles. The number of benzene rings is 1. The van der Waals surface area contributed by atoms with Crippen molar-refractivity contribution in [1.29, 1.82) is 0 Å². The summed E-state index contributed by atoms with van der Waals surface area (Å²) in [7, 11) is 0. The van der Waals surface area contributed by atoms with Crippen LogP contribution in [0.2, 0.25) is 0 Å². The summed E-state index contributed by atoms with van der Waals surface area (Å²) >= 11 is 0. The zero-order chi connectivity index (χ0) is 15.4. The highest BCUT2D eigenvalue weighted by Crippen LogP contribution is 2.21. The Morgan fingerprint density at radius 2 is 1.86 bits per heavy atom. The molecule has 0 spiro atoms. The molecule has 1 amide bonds. The van der Waals surface area contributed by atoms with E-state index >= 15 is 0 Å². The Morgan fingerprint density at radius 3 is 2.48 bits per heavy atom. The van der Waals surface area contributed by atoms with Crippen molar-refractivity contribution in [1.82, 2.24) is 9.80 Å². The highest BCUT2D eigenvalue weighted by Gasteiger charge is 2.23. The lowest BCUT2D eigenvalue weighted by atomic mass is 10.1. The van der Waals surface area contributed by atoms with Gasteiger partial charge in [-0.1, -0.05) is 6.07 Å². The maximum absolute atomic E-state index is 12.4. The Kier molecular flexibility index (Phi) is 4.80. The Hall–Kier alpha value is -2.08. The number of carboxylic acids is 1. The molecule has 6 nitrogen and oxygen atoms in total. The van der Waals surface area contributed by atoms with Crippen LogP contribution in [0.3, 0.4) is 0 Å². The van der Waals surface area contributed by atoms with E-state index in [0.29, 0.717) is 43.9 Å². The first-order chi connectivity index (χ1) is 9.99. The molecule has 1 saturated heterocycles. The third-order valence-corrected chi connectivity index (χ3v) is 3.84. The summed E-state index contributed by atoms with van der Waals surface area (Å²) < 4.78 is 0. The average molecular weight is 292 g/mol. The molecule has 1 aromatic rings. The summed E-state index contributed by atoms with van der Waals surface area (Å²) in [5.41, 5.74) is 1.12. The number of carbonyl (C=O) groups is 2. The summed E-state index contributed by atoms with van der Waals surface area (Å²) in [5.74, 6) is -0.758. The number of carboxylic acid groups (broad SMARTS) is 1. The second-order valence-electron chi connectivity index (χ2n) is 5.23. The average Bonchev–Trinajstić information content (AvgIpc) is 2.48. The van der Waals surface area contributed by atoms with Gasteiger partial charge in [0.2, 0.25) is 0 Å². The SMILES string of the molecule is Cc1c(O)cccc1C(=O)N1CCN(CCC(=O)O)CC1. The van der Waals surface area contributed by atoms with Crippen LogP contribution in [0.1, 0.15) is 22.3 Å². The van der Waals surface area contributed by atoms with E-state index in [4.69, 9.17) is 5.11 Å². The molecule has 1 aliphatic heterocycles. The number of piperazine rings is 1. The number of phenolic OH excluding ortho intramolecular Hbond substituents is 1. The van der Waals surface area contributed by atoms with E-state index in [1.165, 1.54) is 0 Å². The fourth-order valence-electron chi connectivity index (χ4n) is 2.45. The number of aromatic hydroxyl groups is 1. The first kappa shape index (κ1) is 15.3. The van der Waals surface area contributed by atoms with Crippen LogP contribution in [0.4, 0.5) is 0 Å². The van der Waals surface area contributed by atoms with E-state index in [-0.39, 0.29) is 18.1 Å². The van der Waals surface area contributed by atoms with E-state index in [2.05, 4.69) is 0 Å². The fourth-order valence-corrected chi connectivity index (χ4v) is 2.45. The molecule has 1 aromatic carbocycles. The molecule has 0 saturated carbocycles. The molecule has 1 aliphatic rings. The van der Waals surface area contributed by atoms with Gasteiger partial charge in [0, 0.05) is 43.9 Å². The molecule has 0 atom stereocenters. The summed E-state index contributed by atoms with van der Waals surface area (Å²) in [6.45, 7) is 4.75. The van der Waals surface area contributed by atoms with Crippen molar-refractivity contribution in [3.05, 3.63) is 29.3 Å². The topological polar surface area (TPSA) is 81.1 Å². The minimum atomic E-state index is -0.802. The number of hydrogen-bond donors (Lipinski definition) is 2. The van der Waals surface area contributed by atoms with Crippen molar-refractivity contribution in [3.63, 3.8) is 0 Å². The van der Waals surface area contributed by atoms with Crippen LogP contribution in [0.5, 0.6) is 5.75 Å². The van der Waals surface area contributed by atoms with Crippen molar-refractivity contribution in [3.8, 4) is 5.75 Å². The molecule has 2 rings (SSSR count). The molecular weight excluding hydrogens is 272 g/mol. The van der Waals surface area contributed by atoms with Gasteiger partial charge in [0.05, 0.1) is 6.42 Å². The molecule has 0 radical (unpaired) electrons.